The summed E-state index contributed by atoms with van der Waals surface area (Å²) in [5.74, 6) is 0.823. The fraction of sp³-hybridized carbons (Fsp3) is 0.273. The summed E-state index contributed by atoms with van der Waals surface area (Å²) in [6.45, 7) is 7.12. The van der Waals surface area contributed by atoms with Crippen LogP contribution in [0.1, 0.15) is 35.3 Å². The van der Waals surface area contributed by atoms with Crippen molar-refractivity contribution in [3.05, 3.63) is 70.8 Å². The Hall–Kier alpha value is -3.59. The van der Waals surface area contributed by atoms with Crippen molar-refractivity contribution in [3.63, 3.8) is 0 Å². The molecule has 0 unspecified atom stereocenters. The normalized spacial score (nSPS) is 11.2. The fourth-order valence-electron chi connectivity index (χ4n) is 3.45. The molecule has 1 amide bonds. The van der Waals surface area contributed by atoms with Crippen LogP contribution in [0.5, 0.6) is 0 Å². The quantitative estimate of drug-likeness (QED) is 0.462. The van der Waals surface area contributed by atoms with Gasteiger partial charge in [-0.15, -0.1) is 5.10 Å². The predicted octanol–water partition coefficient (Wildman–Crippen LogP) is 3.47. The molecule has 0 bridgehead atoms. The lowest BCUT2D eigenvalue weighted by atomic mass is 10.0. The zero-order valence-corrected chi connectivity index (χ0v) is 18.8. The second kappa shape index (κ2) is 9.27. The molecule has 0 saturated heterocycles. The molecule has 0 spiro atoms. The third kappa shape index (κ3) is 4.83. The number of benzene rings is 2. The lowest BCUT2D eigenvalue weighted by Crippen LogP contribution is -2.24. The van der Waals surface area contributed by atoms with E-state index in [9.17, 15) is 4.79 Å². The number of aryl methyl sites for hydroxylation is 1. The molecule has 0 atom stereocenters. The highest BCUT2D eigenvalue weighted by Crippen LogP contribution is 2.22. The summed E-state index contributed by atoms with van der Waals surface area (Å²) in [6.07, 6.45) is 3.06. The summed E-state index contributed by atoms with van der Waals surface area (Å²) in [4.78, 5) is 17.0. The van der Waals surface area contributed by atoms with Gasteiger partial charge in [0.25, 0.3) is 5.91 Å². The van der Waals surface area contributed by atoms with Gasteiger partial charge in [-0.2, -0.15) is 5.10 Å². The number of tetrazole rings is 1. The van der Waals surface area contributed by atoms with Crippen LogP contribution in [0, 0.1) is 12.8 Å². The Morgan fingerprint density at radius 2 is 2.03 bits per heavy atom. The van der Waals surface area contributed by atoms with Crippen LogP contribution < -0.4 is 5.32 Å². The van der Waals surface area contributed by atoms with Gasteiger partial charge in [0.2, 0.25) is 0 Å². The molecule has 4 aromatic rings. The summed E-state index contributed by atoms with van der Waals surface area (Å²) >= 11 is 6.18. The number of hydrogen-bond acceptors (Lipinski definition) is 6. The van der Waals surface area contributed by atoms with E-state index in [0.29, 0.717) is 28.9 Å². The molecule has 0 radical (unpaired) electrons. The highest BCUT2D eigenvalue weighted by Gasteiger charge is 2.15. The smallest absolute Gasteiger partial charge is 0.251 e. The van der Waals surface area contributed by atoms with Crippen LogP contribution in [-0.2, 0) is 13.1 Å². The standard InChI is InChI=1S/C22H23ClN8O/c1-14(2)11-30-21(27-28-29-30)16-6-15(3)7-17(8-16)22(32)25-10-18-9-19(23)4-5-20(18)31-13-24-12-26-31/h4-9,12-14H,10-11H2,1-3H3,(H,25,32). The van der Waals surface area contributed by atoms with Gasteiger partial charge < -0.3 is 5.32 Å². The van der Waals surface area contributed by atoms with Crippen LogP contribution >= 0.6 is 11.6 Å². The molecular weight excluding hydrogens is 428 g/mol. The molecule has 10 heteroatoms. The number of carbonyl (C=O) groups excluding carboxylic acids is 1. The first-order valence-corrected chi connectivity index (χ1v) is 10.6. The van der Waals surface area contributed by atoms with Gasteiger partial charge in [-0.05, 0) is 70.8 Å². The zero-order valence-electron chi connectivity index (χ0n) is 18.0. The zero-order chi connectivity index (χ0) is 22.7. The number of nitrogens with zero attached hydrogens (tertiary/aromatic N) is 7. The lowest BCUT2D eigenvalue weighted by Gasteiger charge is -2.12. The molecule has 9 nitrogen and oxygen atoms in total. The Labute approximate surface area is 190 Å². The Bertz CT molecular complexity index is 1230. The molecule has 0 aliphatic heterocycles. The largest absolute Gasteiger partial charge is 0.348 e. The number of nitrogens with one attached hydrogen (secondary N) is 1. The molecule has 0 fully saturated rings. The van der Waals surface area contributed by atoms with E-state index in [0.717, 1.165) is 22.4 Å². The maximum atomic E-state index is 13.0. The molecule has 164 valence electrons. The molecule has 0 saturated carbocycles. The summed E-state index contributed by atoms with van der Waals surface area (Å²) in [6, 6.07) is 11.0. The fourth-order valence-corrected chi connectivity index (χ4v) is 3.65. The predicted molar refractivity (Wildman–Crippen MR) is 120 cm³/mol. The first kappa shape index (κ1) is 21.6. The van der Waals surface area contributed by atoms with E-state index in [1.165, 1.54) is 6.33 Å². The Balaban J connectivity index is 1.57. The molecule has 1 N–H and O–H groups in total. The van der Waals surface area contributed by atoms with E-state index in [2.05, 4.69) is 44.8 Å². The summed E-state index contributed by atoms with van der Waals surface area (Å²) < 4.78 is 3.40. The second-order valence-corrected chi connectivity index (χ2v) is 8.40. The molecular formula is C22H23ClN8O. The molecule has 2 heterocycles. The van der Waals surface area contributed by atoms with Crippen molar-refractivity contribution in [2.45, 2.75) is 33.9 Å². The van der Waals surface area contributed by atoms with Crippen molar-refractivity contribution in [1.82, 2.24) is 40.3 Å². The van der Waals surface area contributed by atoms with Crippen LogP contribution in [0.25, 0.3) is 17.1 Å². The van der Waals surface area contributed by atoms with Gasteiger partial charge in [0.15, 0.2) is 5.82 Å². The van der Waals surface area contributed by atoms with Gasteiger partial charge in [0, 0.05) is 29.2 Å². The maximum absolute atomic E-state index is 13.0. The van der Waals surface area contributed by atoms with Crippen molar-refractivity contribution in [2.75, 3.05) is 0 Å². The maximum Gasteiger partial charge on any atom is 0.251 e. The Morgan fingerprint density at radius 1 is 1.19 bits per heavy atom. The highest BCUT2D eigenvalue weighted by molar-refractivity contribution is 6.30. The van der Waals surface area contributed by atoms with Crippen LogP contribution in [0.2, 0.25) is 5.02 Å². The van der Waals surface area contributed by atoms with Gasteiger partial charge in [0.1, 0.15) is 12.7 Å². The molecule has 2 aromatic heterocycles. The van der Waals surface area contributed by atoms with Crippen molar-refractivity contribution in [1.29, 1.82) is 0 Å². The van der Waals surface area contributed by atoms with Crippen LogP contribution in [0.15, 0.2) is 49.1 Å². The molecule has 0 aliphatic carbocycles. The van der Waals surface area contributed by atoms with E-state index >= 15 is 0 Å². The average Bonchev–Trinajstić information content (AvgIpc) is 3.43. The van der Waals surface area contributed by atoms with Gasteiger partial charge in [-0.25, -0.2) is 14.3 Å². The van der Waals surface area contributed by atoms with E-state index in [1.54, 1.807) is 33.9 Å². The van der Waals surface area contributed by atoms with E-state index in [1.807, 2.05) is 25.1 Å². The van der Waals surface area contributed by atoms with Crippen LogP contribution in [0.3, 0.4) is 0 Å². The number of halogens is 1. The summed E-state index contributed by atoms with van der Waals surface area (Å²) in [5, 5.41) is 19.8. The molecule has 4 rings (SSSR count). The monoisotopic (exact) mass is 450 g/mol. The first-order valence-electron chi connectivity index (χ1n) is 10.2. The number of aromatic nitrogens is 7. The molecule has 32 heavy (non-hydrogen) atoms. The van der Waals surface area contributed by atoms with Gasteiger partial charge in [-0.3, -0.25) is 4.79 Å². The van der Waals surface area contributed by atoms with Crippen molar-refractivity contribution in [3.8, 4) is 17.1 Å². The molecule has 2 aromatic carbocycles. The van der Waals surface area contributed by atoms with E-state index < -0.39 is 0 Å². The third-order valence-electron chi connectivity index (χ3n) is 4.81. The highest BCUT2D eigenvalue weighted by atomic mass is 35.5. The van der Waals surface area contributed by atoms with Crippen LogP contribution in [-0.4, -0.2) is 40.9 Å². The van der Waals surface area contributed by atoms with Gasteiger partial charge >= 0.3 is 0 Å². The number of amides is 1. The number of hydrogen-bond donors (Lipinski definition) is 1. The SMILES string of the molecule is Cc1cc(C(=O)NCc2cc(Cl)ccc2-n2cncn2)cc(-c2nnnn2CC(C)C)c1. The Kier molecular flexibility index (Phi) is 6.27. The minimum atomic E-state index is -0.206. The van der Waals surface area contributed by atoms with Crippen molar-refractivity contribution < 1.29 is 4.79 Å². The summed E-state index contributed by atoms with van der Waals surface area (Å²) in [7, 11) is 0. The first-order chi connectivity index (χ1) is 15.4. The van der Waals surface area contributed by atoms with Gasteiger partial charge in [-0.1, -0.05) is 25.4 Å². The Morgan fingerprint density at radius 3 is 2.78 bits per heavy atom. The van der Waals surface area contributed by atoms with Gasteiger partial charge in [0.05, 0.1) is 5.69 Å². The summed E-state index contributed by atoms with van der Waals surface area (Å²) in [5.41, 5.74) is 3.89. The number of carbonyl (C=O) groups is 1. The molecule has 0 aliphatic rings. The number of rotatable bonds is 7. The average molecular weight is 451 g/mol. The lowest BCUT2D eigenvalue weighted by molar-refractivity contribution is 0.0951. The van der Waals surface area contributed by atoms with E-state index in [-0.39, 0.29) is 12.5 Å². The van der Waals surface area contributed by atoms with Crippen molar-refractivity contribution >= 4 is 17.5 Å². The third-order valence-corrected chi connectivity index (χ3v) is 5.05. The minimum Gasteiger partial charge on any atom is -0.348 e. The van der Waals surface area contributed by atoms with E-state index in [4.69, 9.17) is 11.6 Å². The minimum absolute atomic E-state index is 0.206. The van der Waals surface area contributed by atoms with Crippen molar-refractivity contribution in [2.24, 2.45) is 5.92 Å². The second-order valence-electron chi connectivity index (χ2n) is 7.96. The van der Waals surface area contributed by atoms with Crippen LogP contribution in [0.4, 0.5) is 0 Å². The topological polar surface area (TPSA) is 103 Å².